The van der Waals surface area contributed by atoms with Crippen molar-refractivity contribution in [1.29, 1.82) is 0 Å². The maximum absolute atomic E-state index is 2.17. The molecule has 2 rings (SSSR count). The molecule has 0 radical (unpaired) electrons. The molecule has 0 bridgehead atoms. The first-order valence-electron chi connectivity index (χ1n) is 7.70. The molecule has 0 aliphatic heterocycles. The topological polar surface area (TPSA) is 0 Å². The van der Waals surface area contributed by atoms with Gasteiger partial charge in [-0.3, -0.25) is 0 Å². The van der Waals surface area contributed by atoms with E-state index in [-0.39, 0.29) is 0 Å². The zero-order chi connectivity index (χ0) is 17.8. The van der Waals surface area contributed by atoms with Crippen LogP contribution >= 0.6 is 37.2 Å². The summed E-state index contributed by atoms with van der Waals surface area (Å²) in [4.78, 5) is 0. The molecule has 0 saturated heterocycles. The van der Waals surface area contributed by atoms with Crippen LogP contribution in [0.3, 0.4) is 0 Å². The molecule has 0 saturated carbocycles. The molecule has 0 aliphatic rings. The predicted octanol–water partition coefficient (Wildman–Crippen LogP) is 8.45. The molecular weight excluding hydrogens is 494 g/mol. The lowest BCUT2D eigenvalue weighted by Crippen LogP contribution is -1.66. The fourth-order valence-electron chi connectivity index (χ4n) is 1.07. The molecular formula is C20H32I2. The molecule has 0 amide bonds. The Morgan fingerprint density at radius 3 is 0.864 bits per heavy atom. The average Bonchev–Trinajstić information content (AvgIpc) is 2.53. The van der Waals surface area contributed by atoms with Gasteiger partial charge in [0.1, 0.15) is 0 Å². The predicted molar refractivity (Wildman–Crippen MR) is 122 cm³/mol. The van der Waals surface area contributed by atoms with Gasteiger partial charge in [-0.15, -0.1) is 0 Å². The number of benzene rings is 2. The van der Waals surface area contributed by atoms with Gasteiger partial charge >= 0.3 is 0 Å². The van der Waals surface area contributed by atoms with Crippen LogP contribution in [0.15, 0.2) is 60.7 Å². The molecule has 0 fully saturated rings. The van der Waals surface area contributed by atoms with Crippen molar-refractivity contribution in [2.45, 2.75) is 48.5 Å². The fraction of sp³-hybridized carbons (Fsp3) is 0.400. The van der Waals surface area contributed by atoms with Crippen LogP contribution in [0.1, 0.15) is 45.7 Å². The van der Waals surface area contributed by atoms with Gasteiger partial charge in [-0.25, -0.2) is 0 Å². The summed E-state index contributed by atoms with van der Waals surface area (Å²) in [6.07, 6.45) is 0. The van der Waals surface area contributed by atoms with Crippen LogP contribution in [0.25, 0.3) is 0 Å². The quantitative estimate of drug-likeness (QED) is 0.302. The van der Waals surface area contributed by atoms with Gasteiger partial charge in [0.25, 0.3) is 0 Å². The molecule has 2 aromatic rings. The highest BCUT2D eigenvalue weighted by Gasteiger charge is 1.72. The Bertz CT molecular complexity index is 343. The second-order valence-corrected chi connectivity index (χ2v) is 5.04. The van der Waals surface area contributed by atoms with Crippen LogP contribution in [-0.4, -0.2) is 0 Å². The van der Waals surface area contributed by atoms with Gasteiger partial charge in [0, 0.05) is 37.2 Å². The highest BCUT2D eigenvalue weighted by molar-refractivity contribution is 15.0. The first-order chi connectivity index (χ1) is 10.5. The van der Waals surface area contributed by atoms with Crippen molar-refractivity contribution in [3.05, 3.63) is 71.8 Å². The van der Waals surface area contributed by atoms with Crippen LogP contribution in [0.2, 0.25) is 0 Å². The van der Waals surface area contributed by atoms with Crippen molar-refractivity contribution < 1.29 is 0 Å². The van der Waals surface area contributed by atoms with E-state index in [9.17, 15) is 0 Å². The summed E-state index contributed by atoms with van der Waals surface area (Å²) in [6.45, 7) is 14.7. The minimum atomic E-state index is 0.833. The third kappa shape index (κ3) is 28.1. The molecule has 22 heavy (non-hydrogen) atoms. The van der Waals surface area contributed by atoms with Crippen LogP contribution in [-0.2, 0) is 0 Å². The normalized spacial score (nSPS) is 7.73. The van der Waals surface area contributed by atoms with Gasteiger partial charge in [0.05, 0.1) is 0 Å². The Labute approximate surface area is 162 Å². The maximum atomic E-state index is 2.17. The van der Waals surface area contributed by atoms with Crippen molar-refractivity contribution in [1.82, 2.24) is 0 Å². The molecule has 0 nitrogen and oxygen atoms in total. The smallest absolute Gasteiger partial charge is 0 e. The van der Waals surface area contributed by atoms with E-state index in [1.807, 2.05) is 50.2 Å². The van der Waals surface area contributed by atoms with E-state index in [2.05, 4.69) is 96.1 Å². The van der Waals surface area contributed by atoms with E-state index in [0.717, 1.165) is 5.92 Å². The Balaban J connectivity index is -0.000000228. The third-order valence-corrected chi connectivity index (χ3v) is 1.88. The van der Waals surface area contributed by atoms with E-state index in [1.165, 1.54) is 11.1 Å². The summed E-state index contributed by atoms with van der Waals surface area (Å²) in [5, 5.41) is 0. The number of rotatable bonds is 0. The molecule has 0 heterocycles. The zero-order valence-corrected chi connectivity index (χ0v) is 19.4. The van der Waals surface area contributed by atoms with Gasteiger partial charge < -0.3 is 0 Å². The first kappa shape index (κ1) is 26.8. The molecule has 0 unspecified atom stereocenters. The molecule has 2 aromatic carbocycles. The Morgan fingerprint density at radius 2 is 0.773 bits per heavy atom. The minimum Gasteiger partial charge on any atom is -0.0683 e. The van der Waals surface area contributed by atoms with Crippen molar-refractivity contribution in [2.75, 3.05) is 0 Å². The van der Waals surface area contributed by atoms with Crippen LogP contribution in [0.4, 0.5) is 0 Å². The van der Waals surface area contributed by atoms with Crippen LogP contribution in [0.5, 0.6) is 0 Å². The van der Waals surface area contributed by atoms with Crippen molar-refractivity contribution >= 4 is 37.2 Å². The largest absolute Gasteiger partial charge is 0.0683 e. The van der Waals surface area contributed by atoms with E-state index in [4.69, 9.17) is 0 Å². The molecule has 0 aromatic heterocycles. The monoisotopic (exact) mass is 526 g/mol. The van der Waals surface area contributed by atoms with Crippen LogP contribution in [0, 0.1) is 19.8 Å². The standard InChI is InChI=1S/2C7H8.C4H10.C2H6.I2/c2*1-7-5-3-2-4-6-7;1-4(2)3;2*1-2/h2*2-6H,1H3;4H,1-3H3;1-2H3;. The highest BCUT2D eigenvalue weighted by Crippen LogP contribution is 1.92. The Morgan fingerprint density at radius 1 is 0.591 bits per heavy atom. The lowest BCUT2D eigenvalue weighted by molar-refractivity contribution is 0.737. The van der Waals surface area contributed by atoms with E-state index >= 15 is 0 Å². The molecule has 2 heteroatoms. The first-order valence-corrected chi connectivity index (χ1v) is 14.0. The van der Waals surface area contributed by atoms with Gasteiger partial charge in [-0.1, -0.05) is 106 Å². The number of aryl methyl sites for hydroxylation is 2. The van der Waals surface area contributed by atoms with Crippen LogP contribution < -0.4 is 0 Å². The second kappa shape index (κ2) is 23.2. The summed E-state index contributed by atoms with van der Waals surface area (Å²) >= 11 is 4.24. The highest BCUT2D eigenvalue weighted by atomic mass is 128. The molecule has 0 atom stereocenters. The van der Waals surface area contributed by atoms with Gasteiger partial charge in [-0.05, 0) is 19.8 Å². The lowest BCUT2D eigenvalue weighted by Gasteiger charge is -1.82. The number of halogens is 2. The summed E-state index contributed by atoms with van der Waals surface area (Å²) in [5.74, 6) is 0.833. The number of hydrogen-bond acceptors (Lipinski definition) is 0. The summed E-state index contributed by atoms with van der Waals surface area (Å²) in [5.41, 5.74) is 2.64. The minimum absolute atomic E-state index is 0.833. The maximum Gasteiger partial charge on any atom is 0 e. The molecule has 0 N–H and O–H groups in total. The van der Waals surface area contributed by atoms with Gasteiger partial charge in [-0.2, -0.15) is 0 Å². The van der Waals surface area contributed by atoms with Crippen molar-refractivity contribution in [3.63, 3.8) is 0 Å². The molecule has 0 aliphatic carbocycles. The van der Waals surface area contributed by atoms with Crippen molar-refractivity contribution in [2.24, 2.45) is 5.92 Å². The van der Waals surface area contributed by atoms with Gasteiger partial charge in [0.15, 0.2) is 0 Å². The SMILES string of the molecule is CC.CC(C)C.Cc1ccccc1.Cc1ccccc1.II. The molecule has 0 spiro atoms. The van der Waals surface area contributed by atoms with E-state index in [1.54, 1.807) is 0 Å². The summed E-state index contributed by atoms with van der Waals surface area (Å²) in [6, 6.07) is 20.5. The molecule has 126 valence electrons. The fourth-order valence-corrected chi connectivity index (χ4v) is 1.07. The Hall–Kier alpha value is -0.1000. The summed E-state index contributed by atoms with van der Waals surface area (Å²) in [7, 11) is 0. The third-order valence-electron chi connectivity index (χ3n) is 1.88. The summed E-state index contributed by atoms with van der Waals surface area (Å²) < 4.78 is 0. The van der Waals surface area contributed by atoms with Crippen molar-refractivity contribution in [3.8, 4) is 0 Å². The van der Waals surface area contributed by atoms with E-state index < -0.39 is 0 Å². The zero-order valence-electron chi connectivity index (χ0n) is 15.1. The lowest BCUT2D eigenvalue weighted by atomic mass is 10.2. The Kier molecular flexibility index (Phi) is 28.2. The average molecular weight is 526 g/mol. The second-order valence-electron chi connectivity index (χ2n) is 5.04. The van der Waals surface area contributed by atoms with E-state index in [0.29, 0.717) is 0 Å². The number of hydrogen-bond donors (Lipinski definition) is 0. The van der Waals surface area contributed by atoms with Gasteiger partial charge in [0.2, 0.25) is 0 Å².